The highest BCUT2D eigenvalue weighted by Gasteiger charge is 2.20. The Hall–Kier alpha value is -3.35. The Morgan fingerprint density at radius 1 is 1.08 bits per heavy atom. The molecular weight excluding hydrogens is 336 g/mol. The summed E-state index contributed by atoms with van der Waals surface area (Å²) in [5.74, 6) is -0.690. The van der Waals surface area contributed by atoms with Crippen LogP contribution in [0.3, 0.4) is 0 Å². The van der Waals surface area contributed by atoms with E-state index >= 15 is 0 Å². The van der Waals surface area contributed by atoms with Gasteiger partial charge in [-0.3, -0.25) is 14.4 Å². The number of benzene rings is 2. The Balaban J connectivity index is 2.10. The van der Waals surface area contributed by atoms with Crippen molar-refractivity contribution in [1.29, 1.82) is 0 Å². The molecule has 0 heterocycles. The van der Waals surface area contributed by atoms with Crippen LogP contribution in [0, 0.1) is 0 Å². The Bertz CT molecular complexity index is 802. The molecule has 7 heteroatoms. The van der Waals surface area contributed by atoms with Crippen LogP contribution in [0.1, 0.15) is 22.8 Å². The highest BCUT2D eigenvalue weighted by molar-refractivity contribution is 5.97. The number of methoxy groups -OCH3 is 1. The number of esters is 1. The molecule has 0 aliphatic heterocycles. The molecule has 0 saturated carbocycles. The first kappa shape index (κ1) is 19.0. The molecule has 0 aliphatic carbocycles. The van der Waals surface area contributed by atoms with Crippen molar-refractivity contribution in [2.24, 2.45) is 5.73 Å². The molecule has 136 valence electrons. The van der Waals surface area contributed by atoms with Crippen molar-refractivity contribution in [3.63, 3.8) is 0 Å². The van der Waals surface area contributed by atoms with E-state index in [1.807, 2.05) is 0 Å². The third-order valence-electron chi connectivity index (χ3n) is 3.61. The van der Waals surface area contributed by atoms with Gasteiger partial charge < -0.3 is 20.5 Å². The van der Waals surface area contributed by atoms with Crippen molar-refractivity contribution in [1.82, 2.24) is 5.32 Å². The quantitative estimate of drug-likeness (QED) is 0.577. The van der Waals surface area contributed by atoms with Gasteiger partial charge in [0, 0.05) is 18.9 Å². The predicted molar refractivity (Wildman–Crippen MR) is 94.9 cm³/mol. The summed E-state index contributed by atoms with van der Waals surface area (Å²) in [4.78, 5) is 35.1. The zero-order valence-electron chi connectivity index (χ0n) is 14.5. The van der Waals surface area contributed by atoms with Gasteiger partial charge in [0.2, 0.25) is 5.91 Å². The molecule has 2 aromatic carbocycles. The molecule has 7 nitrogen and oxygen atoms in total. The lowest BCUT2D eigenvalue weighted by Crippen LogP contribution is -2.45. The molecule has 3 N–H and O–H groups in total. The number of carbonyl (C=O) groups excluding carboxylic acids is 3. The maximum atomic E-state index is 12.4. The maximum absolute atomic E-state index is 12.4. The highest BCUT2D eigenvalue weighted by atomic mass is 16.5. The molecule has 26 heavy (non-hydrogen) atoms. The molecule has 0 aliphatic rings. The van der Waals surface area contributed by atoms with E-state index in [2.05, 4.69) is 5.32 Å². The Morgan fingerprint density at radius 3 is 2.35 bits per heavy atom. The predicted octanol–water partition coefficient (Wildman–Crippen LogP) is 1.45. The van der Waals surface area contributed by atoms with E-state index in [9.17, 15) is 14.4 Å². The van der Waals surface area contributed by atoms with E-state index in [1.54, 1.807) is 49.6 Å². The third kappa shape index (κ3) is 5.34. The van der Waals surface area contributed by atoms with Gasteiger partial charge in [-0.25, -0.2) is 0 Å². The fraction of sp³-hybridized carbons (Fsp3) is 0.211. The van der Waals surface area contributed by atoms with Crippen LogP contribution in [0.4, 0.5) is 0 Å². The minimum absolute atomic E-state index is 0.245. The number of ether oxygens (including phenoxy) is 2. The second-order valence-corrected chi connectivity index (χ2v) is 5.60. The summed E-state index contributed by atoms with van der Waals surface area (Å²) in [6.45, 7) is 1.27. The van der Waals surface area contributed by atoms with Crippen LogP contribution in [0.2, 0.25) is 0 Å². The molecule has 2 aromatic rings. The van der Waals surface area contributed by atoms with E-state index < -0.39 is 23.8 Å². The van der Waals surface area contributed by atoms with E-state index in [-0.39, 0.29) is 17.7 Å². The standard InChI is InChI=1S/C19H20N2O5/c1-12(22)26-16-5-3-4-14(11-16)19(24)21-17(18(20)23)10-13-6-8-15(25-2)9-7-13/h3-9,11,17H,10H2,1-2H3,(H2,20,23)(H,21,24)/t17-/m1/s1. The van der Waals surface area contributed by atoms with Gasteiger partial charge in [-0.05, 0) is 35.9 Å². The summed E-state index contributed by atoms with van der Waals surface area (Å²) in [5, 5.41) is 2.61. The fourth-order valence-corrected chi connectivity index (χ4v) is 2.33. The molecular formula is C19H20N2O5. The van der Waals surface area contributed by atoms with Gasteiger partial charge >= 0.3 is 5.97 Å². The number of primary amides is 1. The summed E-state index contributed by atoms with van der Waals surface area (Å²) in [5.41, 5.74) is 6.49. The zero-order valence-corrected chi connectivity index (χ0v) is 14.5. The van der Waals surface area contributed by atoms with Gasteiger partial charge in [-0.1, -0.05) is 18.2 Å². The van der Waals surface area contributed by atoms with Crippen LogP contribution in [-0.4, -0.2) is 30.9 Å². The lowest BCUT2D eigenvalue weighted by atomic mass is 10.0. The molecule has 0 aromatic heterocycles. The van der Waals surface area contributed by atoms with E-state index in [1.165, 1.54) is 13.0 Å². The van der Waals surface area contributed by atoms with Crippen LogP contribution < -0.4 is 20.5 Å². The maximum Gasteiger partial charge on any atom is 0.308 e. The number of carbonyl (C=O) groups is 3. The summed E-state index contributed by atoms with van der Waals surface area (Å²) in [6.07, 6.45) is 0.245. The van der Waals surface area contributed by atoms with Gasteiger partial charge in [0.25, 0.3) is 5.91 Å². The SMILES string of the molecule is COc1ccc(C[C@@H](NC(=O)c2cccc(OC(C)=O)c2)C(N)=O)cc1. The van der Waals surface area contributed by atoms with Crippen LogP contribution in [0.5, 0.6) is 11.5 Å². The normalized spacial score (nSPS) is 11.3. The van der Waals surface area contributed by atoms with Crippen molar-refractivity contribution in [2.45, 2.75) is 19.4 Å². The fourth-order valence-electron chi connectivity index (χ4n) is 2.33. The Labute approximate surface area is 151 Å². The number of hydrogen-bond acceptors (Lipinski definition) is 5. The average Bonchev–Trinajstić information content (AvgIpc) is 2.61. The Morgan fingerprint density at radius 2 is 1.77 bits per heavy atom. The molecule has 0 spiro atoms. The van der Waals surface area contributed by atoms with Crippen LogP contribution in [0.25, 0.3) is 0 Å². The summed E-state index contributed by atoms with van der Waals surface area (Å²) in [6, 6.07) is 12.3. The second-order valence-electron chi connectivity index (χ2n) is 5.60. The third-order valence-corrected chi connectivity index (χ3v) is 3.61. The molecule has 2 amide bonds. The molecule has 2 rings (SSSR count). The molecule has 1 atom stereocenters. The minimum atomic E-state index is -0.881. The monoisotopic (exact) mass is 356 g/mol. The summed E-state index contributed by atoms with van der Waals surface area (Å²) < 4.78 is 10.0. The summed E-state index contributed by atoms with van der Waals surface area (Å²) >= 11 is 0. The van der Waals surface area contributed by atoms with Crippen LogP contribution >= 0.6 is 0 Å². The topological polar surface area (TPSA) is 108 Å². The van der Waals surface area contributed by atoms with E-state index in [4.69, 9.17) is 15.2 Å². The molecule has 0 radical (unpaired) electrons. The van der Waals surface area contributed by atoms with Gasteiger partial charge in [0.05, 0.1) is 7.11 Å². The van der Waals surface area contributed by atoms with Crippen molar-refractivity contribution in [3.05, 3.63) is 59.7 Å². The van der Waals surface area contributed by atoms with Gasteiger partial charge in [-0.15, -0.1) is 0 Å². The Kier molecular flexibility index (Phi) is 6.32. The van der Waals surface area contributed by atoms with Crippen LogP contribution in [-0.2, 0) is 16.0 Å². The smallest absolute Gasteiger partial charge is 0.308 e. The minimum Gasteiger partial charge on any atom is -0.497 e. The lowest BCUT2D eigenvalue weighted by Gasteiger charge is -2.16. The molecule has 0 unspecified atom stereocenters. The number of rotatable bonds is 7. The van der Waals surface area contributed by atoms with Crippen LogP contribution in [0.15, 0.2) is 48.5 Å². The van der Waals surface area contributed by atoms with Crippen molar-refractivity contribution < 1.29 is 23.9 Å². The first-order chi connectivity index (χ1) is 12.4. The van der Waals surface area contributed by atoms with E-state index in [0.29, 0.717) is 5.75 Å². The van der Waals surface area contributed by atoms with Crippen molar-refractivity contribution >= 4 is 17.8 Å². The zero-order chi connectivity index (χ0) is 19.1. The molecule has 0 bridgehead atoms. The number of nitrogens with one attached hydrogen (secondary N) is 1. The largest absolute Gasteiger partial charge is 0.497 e. The molecule has 0 saturated heterocycles. The van der Waals surface area contributed by atoms with Gasteiger partial charge in [0.15, 0.2) is 0 Å². The number of nitrogens with two attached hydrogens (primary N) is 1. The molecule has 0 fully saturated rings. The highest BCUT2D eigenvalue weighted by Crippen LogP contribution is 2.15. The van der Waals surface area contributed by atoms with Gasteiger partial charge in [-0.2, -0.15) is 0 Å². The number of amides is 2. The van der Waals surface area contributed by atoms with Crippen molar-refractivity contribution in [2.75, 3.05) is 7.11 Å². The van der Waals surface area contributed by atoms with Gasteiger partial charge in [0.1, 0.15) is 17.5 Å². The average molecular weight is 356 g/mol. The van der Waals surface area contributed by atoms with Crippen molar-refractivity contribution in [3.8, 4) is 11.5 Å². The summed E-state index contributed by atoms with van der Waals surface area (Å²) in [7, 11) is 1.56. The first-order valence-electron chi connectivity index (χ1n) is 7.90. The number of hydrogen-bond donors (Lipinski definition) is 2. The second kappa shape index (κ2) is 8.66. The first-order valence-corrected chi connectivity index (χ1v) is 7.90. The van der Waals surface area contributed by atoms with E-state index in [0.717, 1.165) is 5.56 Å². The lowest BCUT2D eigenvalue weighted by molar-refractivity contribution is -0.131.